The molecule has 1 aliphatic heterocycles. The van der Waals surface area contributed by atoms with E-state index in [1.54, 1.807) is 10.9 Å². The predicted molar refractivity (Wildman–Crippen MR) is 71.8 cm³/mol. The molecule has 0 radical (unpaired) electrons. The summed E-state index contributed by atoms with van der Waals surface area (Å²) in [6, 6.07) is -0.438. The van der Waals surface area contributed by atoms with E-state index in [2.05, 4.69) is 15.7 Å². The van der Waals surface area contributed by atoms with E-state index in [1.807, 2.05) is 6.92 Å². The molecule has 0 amide bonds. The molecule has 0 bridgehead atoms. The molecule has 1 aromatic rings. The van der Waals surface area contributed by atoms with E-state index in [9.17, 15) is 8.42 Å². The molecule has 0 aromatic carbocycles. The van der Waals surface area contributed by atoms with Crippen molar-refractivity contribution in [2.24, 2.45) is 5.84 Å². The second-order valence-corrected chi connectivity index (χ2v) is 7.27. The van der Waals surface area contributed by atoms with Gasteiger partial charge in [-0.3, -0.25) is 11.3 Å². The Hall–Kier alpha value is -0.990. The molecule has 19 heavy (non-hydrogen) atoms. The minimum atomic E-state index is -3.10. The maximum Gasteiger partial charge on any atom is 0.155 e. The number of nitrogens with one attached hydrogen (secondary N) is 1. The van der Waals surface area contributed by atoms with E-state index < -0.39 is 21.1 Å². The van der Waals surface area contributed by atoms with E-state index >= 15 is 0 Å². The molecule has 2 heterocycles. The van der Waals surface area contributed by atoms with Crippen molar-refractivity contribution < 1.29 is 8.42 Å². The predicted octanol–water partition coefficient (Wildman–Crippen LogP) is 0.160. The first-order valence-corrected chi connectivity index (χ1v) is 8.37. The standard InChI is InChI=1S/C11H21N5O2S/c1-2-6-16-9(8-13-15-16)11(14-12)10-5-3-4-7-19(10,17)18/h8,10-11,14H,2-7,12H2,1H3. The van der Waals surface area contributed by atoms with E-state index in [0.717, 1.165) is 25.0 Å². The number of aryl methyl sites for hydroxylation is 1. The molecular formula is C11H21N5O2S. The van der Waals surface area contributed by atoms with Gasteiger partial charge in [0.2, 0.25) is 0 Å². The van der Waals surface area contributed by atoms with E-state index in [0.29, 0.717) is 13.0 Å². The first kappa shape index (κ1) is 14.4. The summed E-state index contributed by atoms with van der Waals surface area (Å²) in [7, 11) is -3.10. The van der Waals surface area contributed by atoms with Crippen molar-refractivity contribution in [3.63, 3.8) is 0 Å². The average Bonchev–Trinajstić information content (AvgIpc) is 2.81. The van der Waals surface area contributed by atoms with Crippen LogP contribution in [0.25, 0.3) is 0 Å². The van der Waals surface area contributed by atoms with Crippen LogP contribution in [0.3, 0.4) is 0 Å². The molecule has 0 spiro atoms. The summed E-state index contributed by atoms with van der Waals surface area (Å²) in [5.74, 6) is 5.84. The van der Waals surface area contributed by atoms with Crippen LogP contribution in [-0.2, 0) is 16.4 Å². The van der Waals surface area contributed by atoms with Crippen molar-refractivity contribution in [2.45, 2.75) is 50.4 Å². The lowest BCUT2D eigenvalue weighted by Crippen LogP contribution is -2.44. The number of sulfone groups is 1. The van der Waals surface area contributed by atoms with Gasteiger partial charge in [-0.15, -0.1) is 5.10 Å². The van der Waals surface area contributed by atoms with Gasteiger partial charge in [0.15, 0.2) is 9.84 Å². The zero-order valence-corrected chi connectivity index (χ0v) is 11.9. The largest absolute Gasteiger partial charge is 0.271 e. The van der Waals surface area contributed by atoms with Crippen LogP contribution in [0.4, 0.5) is 0 Å². The molecule has 2 rings (SSSR count). The normalized spacial score (nSPS) is 24.2. The Bertz CT molecular complexity index is 513. The zero-order chi connectivity index (χ0) is 13.9. The summed E-state index contributed by atoms with van der Waals surface area (Å²) in [6.07, 6.45) is 4.80. The van der Waals surface area contributed by atoms with Crippen LogP contribution >= 0.6 is 0 Å². The summed E-state index contributed by atoms with van der Waals surface area (Å²) >= 11 is 0. The van der Waals surface area contributed by atoms with Gasteiger partial charge in [0.1, 0.15) is 0 Å². The van der Waals surface area contributed by atoms with Gasteiger partial charge in [0, 0.05) is 6.54 Å². The van der Waals surface area contributed by atoms with Crippen molar-refractivity contribution in [1.29, 1.82) is 0 Å². The Morgan fingerprint density at radius 3 is 3.00 bits per heavy atom. The van der Waals surface area contributed by atoms with Crippen LogP contribution in [0, 0.1) is 0 Å². The second kappa shape index (κ2) is 5.98. The summed E-state index contributed by atoms with van der Waals surface area (Å²) in [4.78, 5) is 0. The molecule has 1 saturated heterocycles. The maximum absolute atomic E-state index is 12.2. The number of hydrogen-bond acceptors (Lipinski definition) is 6. The molecule has 8 heteroatoms. The van der Waals surface area contributed by atoms with E-state index in [-0.39, 0.29) is 5.75 Å². The van der Waals surface area contributed by atoms with Gasteiger partial charge in [0.25, 0.3) is 0 Å². The number of nitrogens with zero attached hydrogens (tertiary/aromatic N) is 3. The lowest BCUT2D eigenvalue weighted by molar-refractivity contribution is 0.422. The molecule has 3 N–H and O–H groups in total. The Kier molecular flexibility index (Phi) is 4.54. The molecule has 1 aliphatic rings. The smallest absolute Gasteiger partial charge is 0.155 e. The monoisotopic (exact) mass is 287 g/mol. The lowest BCUT2D eigenvalue weighted by Gasteiger charge is -2.29. The molecule has 2 atom stereocenters. The Labute approximate surface area is 113 Å². The average molecular weight is 287 g/mol. The molecule has 2 unspecified atom stereocenters. The first-order valence-electron chi connectivity index (χ1n) is 6.66. The van der Waals surface area contributed by atoms with Crippen LogP contribution in [0.5, 0.6) is 0 Å². The van der Waals surface area contributed by atoms with Crippen molar-refractivity contribution in [3.05, 3.63) is 11.9 Å². The molecular weight excluding hydrogens is 266 g/mol. The number of hydrogen-bond donors (Lipinski definition) is 2. The van der Waals surface area contributed by atoms with Gasteiger partial charge in [0.05, 0.1) is 28.9 Å². The van der Waals surface area contributed by atoms with Crippen molar-refractivity contribution in [3.8, 4) is 0 Å². The van der Waals surface area contributed by atoms with Crippen LogP contribution in [-0.4, -0.2) is 34.4 Å². The van der Waals surface area contributed by atoms with Gasteiger partial charge in [-0.1, -0.05) is 18.6 Å². The van der Waals surface area contributed by atoms with Crippen molar-refractivity contribution in [1.82, 2.24) is 20.4 Å². The Balaban J connectivity index is 2.30. The summed E-state index contributed by atoms with van der Waals surface area (Å²) < 4.78 is 26.1. The minimum Gasteiger partial charge on any atom is -0.271 e. The van der Waals surface area contributed by atoms with Gasteiger partial charge >= 0.3 is 0 Å². The lowest BCUT2D eigenvalue weighted by atomic mass is 10.1. The van der Waals surface area contributed by atoms with Gasteiger partial charge in [-0.05, 0) is 19.3 Å². The molecule has 7 nitrogen and oxygen atoms in total. The minimum absolute atomic E-state index is 0.241. The topological polar surface area (TPSA) is 103 Å². The fourth-order valence-electron chi connectivity index (χ4n) is 2.63. The zero-order valence-electron chi connectivity index (χ0n) is 11.1. The van der Waals surface area contributed by atoms with Gasteiger partial charge in [-0.25, -0.2) is 13.1 Å². The van der Waals surface area contributed by atoms with Gasteiger partial charge in [-0.2, -0.15) is 0 Å². The number of nitrogens with two attached hydrogens (primary N) is 1. The molecule has 0 aliphatic carbocycles. The highest BCUT2D eigenvalue weighted by Gasteiger charge is 2.37. The highest BCUT2D eigenvalue weighted by Crippen LogP contribution is 2.29. The Morgan fingerprint density at radius 1 is 1.58 bits per heavy atom. The molecule has 1 fully saturated rings. The van der Waals surface area contributed by atoms with E-state index in [1.165, 1.54) is 0 Å². The maximum atomic E-state index is 12.2. The number of rotatable bonds is 5. The third kappa shape index (κ3) is 2.96. The third-order valence-corrected chi connectivity index (χ3v) is 5.87. The number of hydrazine groups is 1. The van der Waals surface area contributed by atoms with E-state index in [4.69, 9.17) is 5.84 Å². The van der Waals surface area contributed by atoms with Crippen LogP contribution < -0.4 is 11.3 Å². The Morgan fingerprint density at radius 2 is 2.37 bits per heavy atom. The first-order chi connectivity index (χ1) is 9.10. The van der Waals surface area contributed by atoms with Crippen LogP contribution in [0.2, 0.25) is 0 Å². The fourth-order valence-corrected chi connectivity index (χ4v) is 4.70. The second-order valence-electron chi connectivity index (χ2n) is 4.93. The quantitative estimate of drug-likeness (QED) is 0.590. The van der Waals surface area contributed by atoms with Crippen molar-refractivity contribution in [2.75, 3.05) is 5.75 Å². The fraction of sp³-hybridized carbons (Fsp3) is 0.818. The third-order valence-electron chi connectivity index (χ3n) is 3.58. The van der Waals surface area contributed by atoms with Crippen LogP contribution in [0.15, 0.2) is 6.20 Å². The summed E-state index contributed by atoms with van der Waals surface area (Å²) in [5.41, 5.74) is 3.40. The summed E-state index contributed by atoms with van der Waals surface area (Å²) in [6.45, 7) is 2.74. The summed E-state index contributed by atoms with van der Waals surface area (Å²) in [5, 5.41) is 7.38. The molecule has 108 valence electrons. The SMILES string of the molecule is CCCn1nncc1C(NN)C1CCCCS1(=O)=O. The highest BCUT2D eigenvalue weighted by atomic mass is 32.2. The number of aromatic nitrogens is 3. The van der Waals surface area contributed by atoms with Gasteiger partial charge < -0.3 is 0 Å². The molecule has 0 saturated carbocycles. The van der Waals surface area contributed by atoms with Crippen LogP contribution in [0.1, 0.15) is 44.3 Å². The molecule has 1 aromatic heterocycles. The highest BCUT2D eigenvalue weighted by molar-refractivity contribution is 7.92. The van der Waals surface area contributed by atoms with Crippen molar-refractivity contribution >= 4 is 9.84 Å².